The van der Waals surface area contributed by atoms with E-state index < -0.39 is 16.6 Å². The van der Waals surface area contributed by atoms with Crippen molar-refractivity contribution in [1.82, 2.24) is 0 Å². The predicted molar refractivity (Wildman–Crippen MR) is 80.5 cm³/mol. The summed E-state index contributed by atoms with van der Waals surface area (Å²) in [7, 11) is 0. The minimum Gasteiger partial charge on any atom is -0.447 e. The number of hydrogen-bond donors (Lipinski definition) is 0. The van der Waals surface area contributed by atoms with Crippen molar-refractivity contribution in [3.8, 4) is 11.5 Å². The van der Waals surface area contributed by atoms with Gasteiger partial charge in [-0.05, 0) is 18.2 Å². The van der Waals surface area contributed by atoms with Gasteiger partial charge in [-0.2, -0.15) is 0 Å². The SMILES string of the molecule is CC(C)Sc1ccc([N+](=O)[O-])c(Oc2ccc(F)cc2F)c1. The summed E-state index contributed by atoms with van der Waals surface area (Å²) in [6, 6.07) is 7.17. The Hall–Kier alpha value is -2.15. The highest BCUT2D eigenvalue weighted by Gasteiger charge is 2.18. The Morgan fingerprint density at radius 3 is 2.45 bits per heavy atom. The Morgan fingerprint density at radius 2 is 1.86 bits per heavy atom. The van der Waals surface area contributed by atoms with Crippen molar-refractivity contribution in [3.63, 3.8) is 0 Å². The fourth-order valence-corrected chi connectivity index (χ4v) is 2.61. The van der Waals surface area contributed by atoms with Crippen molar-refractivity contribution in [3.05, 3.63) is 58.1 Å². The van der Waals surface area contributed by atoms with E-state index in [0.29, 0.717) is 6.07 Å². The second kappa shape index (κ2) is 6.74. The van der Waals surface area contributed by atoms with Crippen molar-refractivity contribution in [2.45, 2.75) is 24.0 Å². The van der Waals surface area contributed by atoms with Gasteiger partial charge in [0.15, 0.2) is 11.6 Å². The van der Waals surface area contributed by atoms with E-state index in [1.807, 2.05) is 13.8 Å². The molecular weight excluding hydrogens is 312 g/mol. The van der Waals surface area contributed by atoms with Crippen LogP contribution in [0.1, 0.15) is 13.8 Å². The van der Waals surface area contributed by atoms with E-state index >= 15 is 0 Å². The van der Waals surface area contributed by atoms with E-state index in [1.54, 1.807) is 6.07 Å². The van der Waals surface area contributed by atoms with Gasteiger partial charge in [-0.1, -0.05) is 13.8 Å². The molecule has 0 saturated carbocycles. The Balaban J connectivity index is 2.40. The molecular formula is C15H13F2NO3S. The first-order valence-electron chi connectivity index (χ1n) is 6.45. The van der Waals surface area contributed by atoms with Crippen LogP contribution in [0.4, 0.5) is 14.5 Å². The monoisotopic (exact) mass is 325 g/mol. The molecule has 0 N–H and O–H groups in total. The molecule has 7 heteroatoms. The van der Waals surface area contributed by atoms with Crippen molar-refractivity contribution in [1.29, 1.82) is 0 Å². The van der Waals surface area contributed by atoms with Gasteiger partial charge in [-0.25, -0.2) is 8.78 Å². The summed E-state index contributed by atoms with van der Waals surface area (Å²) in [4.78, 5) is 11.2. The van der Waals surface area contributed by atoms with Gasteiger partial charge in [-0.15, -0.1) is 11.8 Å². The molecule has 0 aliphatic carbocycles. The number of nitro benzene ring substituents is 1. The zero-order chi connectivity index (χ0) is 16.3. The van der Waals surface area contributed by atoms with Gasteiger partial charge in [-0.3, -0.25) is 10.1 Å². The molecule has 0 radical (unpaired) electrons. The first-order chi connectivity index (χ1) is 10.4. The maximum atomic E-state index is 13.6. The largest absolute Gasteiger partial charge is 0.447 e. The minimum absolute atomic E-state index is 0.0823. The van der Waals surface area contributed by atoms with Crippen LogP contribution in [0.5, 0.6) is 11.5 Å². The Morgan fingerprint density at radius 1 is 1.14 bits per heavy atom. The van der Waals surface area contributed by atoms with Crippen LogP contribution in [0.25, 0.3) is 0 Å². The third-order valence-electron chi connectivity index (χ3n) is 2.61. The summed E-state index contributed by atoms with van der Waals surface area (Å²) >= 11 is 1.49. The first kappa shape index (κ1) is 16.2. The first-order valence-corrected chi connectivity index (χ1v) is 7.33. The lowest BCUT2D eigenvalue weighted by atomic mass is 10.3. The lowest BCUT2D eigenvalue weighted by molar-refractivity contribution is -0.385. The molecule has 116 valence electrons. The van der Waals surface area contributed by atoms with Crippen LogP contribution >= 0.6 is 11.8 Å². The molecule has 0 saturated heterocycles. The third kappa shape index (κ3) is 3.94. The zero-order valence-electron chi connectivity index (χ0n) is 11.9. The van der Waals surface area contributed by atoms with Crippen molar-refractivity contribution >= 4 is 17.4 Å². The van der Waals surface area contributed by atoms with E-state index in [4.69, 9.17) is 4.74 Å². The molecule has 4 nitrogen and oxygen atoms in total. The van der Waals surface area contributed by atoms with Gasteiger partial charge in [0.2, 0.25) is 5.75 Å². The summed E-state index contributed by atoms with van der Waals surface area (Å²) in [5.41, 5.74) is -0.281. The smallest absolute Gasteiger partial charge is 0.311 e. The Bertz CT molecular complexity index is 707. The molecule has 0 spiro atoms. The van der Waals surface area contributed by atoms with Crippen LogP contribution in [-0.4, -0.2) is 10.2 Å². The summed E-state index contributed by atoms with van der Waals surface area (Å²) in [6.07, 6.45) is 0. The van der Waals surface area contributed by atoms with Gasteiger partial charge in [0.1, 0.15) is 5.82 Å². The van der Waals surface area contributed by atoms with Crippen LogP contribution in [-0.2, 0) is 0 Å². The number of halogens is 2. The molecule has 0 aliphatic rings. The van der Waals surface area contributed by atoms with Crippen LogP contribution in [0, 0.1) is 21.7 Å². The molecule has 0 aromatic heterocycles. The molecule has 0 bridgehead atoms. The number of benzene rings is 2. The van der Waals surface area contributed by atoms with Crippen molar-refractivity contribution in [2.24, 2.45) is 0 Å². The van der Waals surface area contributed by atoms with Gasteiger partial charge in [0, 0.05) is 28.3 Å². The van der Waals surface area contributed by atoms with E-state index in [-0.39, 0.29) is 22.4 Å². The number of thioether (sulfide) groups is 1. The van der Waals surface area contributed by atoms with Crippen molar-refractivity contribution < 1.29 is 18.4 Å². The predicted octanol–water partition coefficient (Wildman–Crippen LogP) is 5.17. The summed E-state index contributed by atoms with van der Waals surface area (Å²) in [5.74, 6) is -2.02. The fraction of sp³-hybridized carbons (Fsp3) is 0.200. The van der Waals surface area contributed by atoms with Crippen LogP contribution in [0.15, 0.2) is 41.3 Å². The fourth-order valence-electron chi connectivity index (χ4n) is 1.75. The van der Waals surface area contributed by atoms with E-state index in [2.05, 4.69) is 0 Å². The molecule has 0 heterocycles. The lowest BCUT2D eigenvalue weighted by Crippen LogP contribution is -1.96. The molecule has 2 aromatic carbocycles. The van der Waals surface area contributed by atoms with Gasteiger partial charge in [0.25, 0.3) is 0 Å². The molecule has 0 fully saturated rings. The van der Waals surface area contributed by atoms with Gasteiger partial charge >= 0.3 is 5.69 Å². The second-order valence-electron chi connectivity index (χ2n) is 4.73. The van der Waals surface area contributed by atoms with Gasteiger partial charge in [0.05, 0.1) is 4.92 Å². The summed E-state index contributed by atoms with van der Waals surface area (Å²) in [6.45, 7) is 3.96. The lowest BCUT2D eigenvalue weighted by Gasteiger charge is -2.10. The highest BCUT2D eigenvalue weighted by Crippen LogP contribution is 2.36. The Kier molecular flexibility index (Phi) is 4.97. The van der Waals surface area contributed by atoms with Crippen LogP contribution < -0.4 is 4.74 Å². The number of hydrogen-bond acceptors (Lipinski definition) is 4. The standard InChI is InChI=1S/C15H13F2NO3S/c1-9(2)22-11-4-5-13(18(19)20)15(8-11)21-14-6-3-10(16)7-12(14)17/h3-9H,1-2H3. The molecule has 2 aromatic rings. The maximum Gasteiger partial charge on any atom is 0.311 e. The Labute approximate surface area is 130 Å². The van der Waals surface area contributed by atoms with Crippen LogP contribution in [0.2, 0.25) is 0 Å². The van der Waals surface area contributed by atoms with E-state index in [1.165, 1.54) is 23.9 Å². The molecule has 0 unspecified atom stereocenters. The molecule has 0 aliphatic heterocycles. The summed E-state index contributed by atoms with van der Waals surface area (Å²) < 4.78 is 31.8. The molecule has 0 amide bonds. The van der Waals surface area contributed by atoms with E-state index in [0.717, 1.165) is 17.0 Å². The topological polar surface area (TPSA) is 52.4 Å². The van der Waals surface area contributed by atoms with Gasteiger partial charge < -0.3 is 4.74 Å². The quantitative estimate of drug-likeness (QED) is 0.432. The average Bonchev–Trinajstić information content (AvgIpc) is 2.41. The summed E-state index contributed by atoms with van der Waals surface area (Å²) in [5, 5.41) is 11.3. The second-order valence-corrected chi connectivity index (χ2v) is 6.38. The van der Waals surface area contributed by atoms with Crippen molar-refractivity contribution in [2.75, 3.05) is 0 Å². The number of nitrogens with zero attached hydrogens (tertiary/aromatic N) is 1. The minimum atomic E-state index is -0.920. The third-order valence-corrected chi connectivity index (χ3v) is 3.61. The number of ether oxygens (including phenoxy) is 1. The van der Waals surface area contributed by atoms with Crippen LogP contribution in [0.3, 0.4) is 0 Å². The zero-order valence-corrected chi connectivity index (χ0v) is 12.7. The number of rotatable bonds is 5. The highest BCUT2D eigenvalue weighted by molar-refractivity contribution is 7.99. The molecule has 0 atom stereocenters. The maximum absolute atomic E-state index is 13.6. The average molecular weight is 325 g/mol. The number of nitro groups is 1. The molecule has 22 heavy (non-hydrogen) atoms. The normalized spacial score (nSPS) is 10.8. The molecule has 2 rings (SSSR count). The highest BCUT2D eigenvalue weighted by atomic mass is 32.2. The van der Waals surface area contributed by atoms with E-state index in [9.17, 15) is 18.9 Å².